The average molecular weight is 485 g/mol. The molecule has 0 fully saturated rings. The van der Waals surface area contributed by atoms with E-state index in [4.69, 9.17) is 0 Å². The van der Waals surface area contributed by atoms with Crippen molar-refractivity contribution in [1.82, 2.24) is 14.2 Å². The van der Waals surface area contributed by atoms with Gasteiger partial charge in [-0.1, -0.05) is 52.3 Å². The Balaban J connectivity index is 1.62. The maximum Gasteiger partial charge on any atom is 0.282 e. The number of aryl methyl sites for hydroxylation is 2. The van der Waals surface area contributed by atoms with E-state index in [0.29, 0.717) is 16.7 Å². The maximum absolute atomic E-state index is 13.0. The molecule has 158 valence electrons. The molecule has 0 saturated carbocycles. The molecule has 2 aromatic heterocycles. The molecule has 2 heterocycles. The molecule has 0 radical (unpaired) electrons. The average Bonchev–Trinajstić information content (AvgIpc) is 3.06. The van der Waals surface area contributed by atoms with E-state index in [1.165, 1.54) is 15.4 Å². The van der Waals surface area contributed by atoms with Gasteiger partial charge < -0.3 is 4.57 Å². The molecule has 0 unspecified atom stereocenters. The maximum atomic E-state index is 13.0. The molecule has 3 aromatic carbocycles. The van der Waals surface area contributed by atoms with E-state index in [0.717, 1.165) is 27.1 Å². The molecule has 0 N–H and O–H groups in total. The molecule has 6 heteroatoms. The molecule has 32 heavy (non-hydrogen) atoms. The van der Waals surface area contributed by atoms with Gasteiger partial charge in [-0.2, -0.15) is 9.78 Å². The molecule has 0 aliphatic heterocycles. The largest absolute Gasteiger partial charge is 0.317 e. The Morgan fingerprint density at radius 3 is 2.56 bits per heavy atom. The summed E-state index contributed by atoms with van der Waals surface area (Å²) in [6.45, 7) is 5.94. The highest BCUT2D eigenvalue weighted by atomic mass is 79.9. The first-order valence-electron chi connectivity index (χ1n) is 10.3. The van der Waals surface area contributed by atoms with Crippen LogP contribution in [0.15, 0.2) is 81.1 Å². The highest BCUT2D eigenvalue weighted by molar-refractivity contribution is 9.10. The van der Waals surface area contributed by atoms with Crippen molar-refractivity contribution in [1.29, 1.82) is 0 Å². The Kier molecular flexibility index (Phi) is 5.02. The molecule has 0 aliphatic carbocycles. The first-order chi connectivity index (χ1) is 15.4. The number of fused-ring (bicyclic) bond motifs is 2. The minimum absolute atomic E-state index is 0.187. The summed E-state index contributed by atoms with van der Waals surface area (Å²) in [7, 11) is 0. The lowest BCUT2D eigenvalue weighted by atomic mass is 10.1. The van der Waals surface area contributed by atoms with Gasteiger partial charge in [-0.3, -0.25) is 4.79 Å². The van der Waals surface area contributed by atoms with Gasteiger partial charge in [0.05, 0.1) is 22.8 Å². The summed E-state index contributed by atoms with van der Waals surface area (Å²) in [5.74, 6) is 0.545. The molecular weight excluding hydrogens is 464 g/mol. The molecule has 0 bridgehead atoms. The van der Waals surface area contributed by atoms with Crippen LogP contribution in [0.1, 0.15) is 22.8 Å². The van der Waals surface area contributed by atoms with E-state index < -0.39 is 0 Å². The smallest absolute Gasteiger partial charge is 0.282 e. The van der Waals surface area contributed by atoms with E-state index in [2.05, 4.69) is 93.0 Å². The third-order valence-electron chi connectivity index (χ3n) is 5.76. The highest BCUT2D eigenvalue weighted by Gasteiger charge is 2.13. The van der Waals surface area contributed by atoms with Gasteiger partial charge >= 0.3 is 0 Å². The van der Waals surface area contributed by atoms with Gasteiger partial charge in [0.15, 0.2) is 0 Å². The second-order valence-corrected chi connectivity index (χ2v) is 8.76. The van der Waals surface area contributed by atoms with Crippen molar-refractivity contribution in [3.63, 3.8) is 0 Å². The first-order valence-corrected chi connectivity index (χ1v) is 11.1. The molecule has 0 saturated heterocycles. The van der Waals surface area contributed by atoms with Crippen molar-refractivity contribution in [2.75, 3.05) is 0 Å². The highest BCUT2D eigenvalue weighted by Crippen LogP contribution is 2.27. The normalized spacial score (nSPS) is 11.8. The van der Waals surface area contributed by atoms with Crippen LogP contribution in [-0.2, 0) is 0 Å². The van der Waals surface area contributed by atoms with Gasteiger partial charge in [0, 0.05) is 26.8 Å². The second-order valence-electron chi connectivity index (χ2n) is 7.84. The third kappa shape index (κ3) is 3.37. The number of nitrogens with zero attached hydrogens (tertiary/aromatic N) is 4. The van der Waals surface area contributed by atoms with Crippen LogP contribution < -0.4 is 5.56 Å². The van der Waals surface area contributed by atoms with Crippen molar-refractivity contribution in [3.05, 3.63) is 104 Å². The lowest BCUT2D eigenvalue weighted by Crippen LogP contribution is -2.20. The van der Waals surface area contributed by atoms with Crippen molar-refractivity contribution in [2.24, 2.45) is 5.10 Å². The Bertz CT molecular complexity index is 1590. The summed E-state index contributed by atoms with van der Waals surface area (Å²) in [6, 6.07) is 22.3. The molecule has 5 aromatic rings. The Morgan fingerprint density at radius 2 is 1.72 bits per heavy atom. The summed E-state index contributed by atoms with van der Waals surface area (Å²) in [5, 5.41) is 7.43. The summed E-state index contributed by atoms with van der Waals surface area (Å²) in [6.07, 6.45) is 1.74. The van der Waals surface area contributed by atoms with Gasteiger partial charge in [-0.05, 0) is 56.5 Å². The molecule has 0 aliphatic rings. The van der Waals surface area contributed by atoms with E-state index in [1.807, 2.05) is 12.1 Å². The quantitative estimate of drug-likeness (QED) is 0.299. The summed E-state index contributed by atoms with van der Waals surface area (Å²) in [4.78, 5) is 17.6. The molecular formula is C26H21BrN4O. The Morgan fingerprint density at radius 1 is 0.938 bits per heavy atom. The van der Waals surface area contributed by atoms with Crippen LogP contribution in [-0.4, -0.2) is 20.4 Å². The van der Waals surface area contributed by atoms with Crippen molar-refractivity contribution < 1.29 is 0 Å². The van der Waals surface area contributed by atoms with Crippen LogP contribution in [0.4, 0.5) is 0 Å². The van der Waals surface area contributed by atoms with Crippen LogP contribution in [0.2, 0.25) is 0 Å². The number of benzene rings is 3. The summed E-state index contributed by atoms with van der Waals surface area (Å²) >= 11 is 3.43. The predicted octanol–water partition coefficient (Wildman–Crippen LogP) is 5.91. The molecule has 5 nitrogen and oxygen atoms in total. The van der Waals surface area contributed by atoms with E-state index in [1.54, 1.807) is 19.2 Å². The van der Waals surface area contributed by atoms with Gasteiger partial charge in [-0.25, -0.2) is 4.98 Å². The van der Waals surface area contributed by atoms with Crippen molar-refractivity contribution in [3.8, 4) is 5.69 Å². The topological polar surface area (TPSA) is 52.2 Å². The number of halogens is 1. The fraction of sp³-hybridized carbons (Fsp3) is 0.115. The number of aromatic nitrogens is 3. The standard InChI is InChI=1S/C26H21BrN4O/c1-16-13-20(17(2)30(16)25-10-6-8-19-7-4-5-9-22(19)25)15-28-31-18(3)29-24-12-11-21(27)14-23(24)26(31)32/h4-15H,1-3H3. The fourth-order valence-electron chi connectivity index (χ4n) is 4.21. The third-order valence-corrected chi connectivity index (χ3v) is 6.25. The van der Waals surface area contributed by atoms with Crippen LogP contribution >= 0.6 is 15.9 Å². The van der Waals surface area contributed by atoms with Crippen LogP contribution in [0.25, 0.3) is 27.4 Å². The van der Waals surface area contributed by atoms with Gasteiger partial charge in [0.2, 0.25) is 0 Å². The first kappa shape index (κ1) is 20.4. The molecule has 0 spiro atoms. The minimum atomic E-state index is -0.187. The van der Waals surface area contributed by atoms with E-state index >= 15 is 0 Å². The second kappa shape index (κ2) is 7.88. The zero-order valence-electron chi connectivity index (χ0n) is 18.0. The number of hydrogen-bond donors (Lipinski definition) is 0. The van der Waals surface area contributed by atoms with Crippen LogP contribution in [0.3, 0.4) is 0 Å². The SMILES string of the molecule is Cc1cc(C=Nn2c(C)nc3ccc(Br)cc3c2=O)c(C)n1-c1cccc2ccccc12. The van der Waals surface area contributed by atoms with Crippen LogP contribution in [0.5, 0.6) is 0 Å². The van der Waals surface area contributed by atoms with E-state index in [9.17, 15) is 4.79 Å². The van der Waals surface area contributed by atoms with E-state index in [-0.39, 0.29) is 5.56 Å². The Labute approximate surface area is 193 Å². The molecule has 0 atom stereocenters. The number of rotatable bonds is 3. The van der Waals surface area contributed by atoms with Crippen molar-refractivity contribution >= 4 is 43.8 Å². The van der Waals surface area contributed by atoms with Crippen molar-refractivity contribution in [2.45, 2.75) is 20.8 Å². The monoisotopic (exact) mass is 484 g/mol. The lowest BCUT2D eigenvalue weighted by molar-refractivity contribution is 0.770. The Hall–Kier alpha value is -3.51. The zero-order valence-corrected chi connectivity index (χ0v) is 19.6. The lowest BCUT2D eigenvalue weighted by Gasteiger charge is -2.13. The van der Waals surface area contributed by atoms with Gasteiger partial charge in [-0.15, -0.1) is 0 Å². The van der Waals surface area contributed by atoms with Crippen LogP contribution in [0, 0.1) is 20.8 Å². The summed E-state index contributed by atoms with van der Waals surface area (Å²) in [5.41, 5.74) is 4.72. The molecule has 0 amide bonds. The van der Waals surface area contributed by atoms with Gasteiger partial charge in [0.1, 0.15) is 5.82 Å². The number of hydrogen-bond acceptors (Lipinski definition) is 3. The zero-order chi connectivity index (χ0) is 22.4. The van der Waals surface area contributed by atoms with Gasteiger partial charge in [0.25, 0.3) is 5.56 Å². The minimum Gasteiger partial charge on any atom is -0.317 e. The predicted molar refractivity (Wildman–Crippen MR) is 134 cm³/mol. The summed E-state index contributed by atoms with van der Waals surface area (Å²) < 4.78 is 4.43. The fourth-order valence-corrected chi connectivity index (χ4v) is 4.57. The molecule has 5 rings (SSSR count).